The molecule has 2 aromatic carbocycles. The summed E-state index contributed by atoms with van der Waals surface area (Å²) in [5, 5.41) is 13.5. The number of hydrogen-bond donors (Lipinski definition) is 1. The number of carbonyl (C=O) groups excluding carboxylic acids is 1. The van der Waals surface area contributed by atoms with Gasteiger partial charge in [0.25, 0.3) is 0 Å². The molecule has 33 heavy (non-hydrogen) atoms. The van der Waals surface area contributed by atoms with E-state index in [9.17, 15) is 4.79 Å². The summed E-state index contributed by atoms with van der Waals surface area (Å²) in [7, 11) is 0. The summed E-state index contributed by atoms with van der Waals surface area (Å²) in [6, 6.07) is 16.1. The van der Waals surface area contributed by atoms with Crippen LogP contribution < -0.4 is 5.32 Å². The van der Waals surface area contributed by atoms with E-state index in [0.29, 0.717) is 17.3 Å². The Morgan fingerprint density at radius 2 is 1.97 bits per heavy atom. The van der Waals surface area contributed by atoms with Gasteiger partial charge in [0.2, 0.25) is 5.91 Å². The largest absolute Gasteiger partial charge is 0.376 e. The van der Waals surface area contributed by atoms with Crippen molar-refractivity contribution in [3.63, 3.8) is 0 Å². The van der Waals surface area contributed by atoms with Crippen LogP contribution in [0.15, 0.2) is 53.7 Å². The molecule has 172 valence electrons. The van der Waals surface area contributed by atoms with Crippen molar-refractivity contribution in [3.05, 3.63) is 64.7 Å². The average molecular weight is 483 g/mol. The SMILES string of the molecule is O=C(CSc1nnc(-c2ccc(Cl)cc2)n1C[C@H]1CCCO1)N[C@@H]1CCCc2ccccc21. The predicted molar refractivity (Wildman–Crippen MR) is 130 cm³/mol. The number of ether oxygens (including phenoxy) is 1. The second-order valence-electron chi connectivity index (χ2n) is 8.56. The van der Waals surface area contributed by atoms with Crippen LogP contribution in [0.5, 0.6) is 0 Å². The van der Waals surface area contributed by atoms with Crippen LogP contribution >= 0.6 is 23.4 Å². The highest BCUT2D eigenvalue weighted by molar-refractivity contribution is 7.99. The number of halogens is 1. The molecule has 1 aromatic heterocycles. The van der Waals surface area contributed by atoms with Gasteiger partial charge in [-0.15, -0.1) is 10.2 Å². The molecule has 6 nitrogen and oxygen atoms in total. The summed E-state index contributed by atoms with van der Waals surface area (Å²) < 4.78 is 7.94. The lowest BCUT2D eigenvalue weighted by Gasteiger charge is -2.26. The molecule has 1 saturated heterocycles. The first-order valence-corrected chi connectivity index (χ1v) is 12.8. The number of carbonyl (C=O) groups is 1. The molecule has 0 unspecified atom stereocenters. The first-order valence-electron chi connectivity index (χ1n) is 11.5. The molecule has 2 aliphatic rings. The van der Waals surface area contributed by atoms with E-state index in [0.717, 1.165) is 55.3 Å². The summed E-state index contributed by atoms with van der Waals surface area (Å²) >= 11 is 7.49. The number of aromatic nitrogens is 3. The third-order valence-electron chi connectivity index (χ3n) is 6.27. The molecule has 1 aliphatic carbocycles. The fourth-order valence-corrected chi connectivity index (χ4v) is 5.52. The Hall–Kier alpha value is -2.35. The van der Waals surface area contributed by atoms with Crippen molar-refractivity contribution < 1.29 is 9.53 Å². The van der Waals surface area contributed by atoms with Gasteiger partial charge in [0, 0.05) is 17.2 Å². The number of nitrogens with one attached hydrogen (secondary N) is 1. The molecule has 2 heterocycles. The highest BCUT2D eigenvalue weighted by Crippen LogP contribution is 2.30. The van der Waals surface area contributed by atoms with Gasteiger partial charge in [0.1, 0.15) is 0 Å². The van der Waals surface area contributed by atoms with Gasteiger partial charge in [0.05, 0.1) is 24.4 Å². The van der Waals surface area contributed by atoms with Crippen LogP contribution in [0, 0.1) is 0 Å². The van der Waals surface area contributed by atoms with Crippen molar-refractivity contribution >= 4 is 29.3 Å². The third kappa shape index (κ3) is 5.26. The summed E-state index contributed by atoms with van der Waals surface area (Å²) in [4.78, 5) is 12.8. The number of aryl methyl sites for hydroxylation is 1. The van der Waals surface area contributed by atoms with Crippen molar-refractivity contribution in [1.82, 2.24) is 20.1 Å². The smallest absolute Gasteiger partial charge is 0.230 e. The summed E-state index contributed by atoms with van der Waals surface area (Å²) in [6.07, 6.45) is 5.37. The van der Waals surface area contributed by atoms with Crippen molar-refractivity contribution in [2.75, 3.05) is 12.4 Å². The van der Waals surface area contributed by atoms with E-state index in [-0.39, 0.29) is 18.1 Å². The molecule has 2 atom stereocenters. The van der Waals surface area contributed by atoms with Gasteiger partial charge in [-0.3, -0.25) is 9.36 Å². The van der Waals surface area contributed by atoms with Crippen molar-refractivity contribution in [1.29, 1.82) is 0 Å². The fraction of sp³-hybridized carbons (Fsp3) is 0.400. The van der Waals surface area contributed by atoms with Crippen molar-refractivity contribution in [2.45, 2.75) is 56.0 Å². The molecule has 5 rings (SSSR count). The zero-order valence-electron chi connectivity index (χ0n) is 18.4. The lowest BCUT2D eigenvalue weighted by atomic mass is 9.88. The average Bonchev–Trinajstić information content (AvgIpc) is 3.49. The second kappa shape index (κ2) is 10.3. The Morgan fingerprint density at radius 3 is 2.79 bits per heavy atom. The van der Waals surface area contributed by atoms with Crippen LogP contribution in [-0.4, -0.2) is 39.1 Å². The van der Waals surface area contributed by atoms with Crippen LogP contribution in [0.3, 0.4) is 0 Å². The van der Waals surface area contributed by atoms with Crippen LogP contribution in [0.2, 0.25) is 5.02 Å². The van der Waals surface area contributed by atoms with Gasteiger partial charge >= 0.3 is 0 Å². The molecule has 8 heteroatoms. The Balaban J connectivity index is 1.30. The molecular weight excluding hydrogens is 456 g/mol. The van der Waals surface area contributed by atoms with Crippen LogP contribution in [-0.2, 0) is 22.5 Å². The topological polar surface area (TPSA) is 69.0 Å². The summed E-state index contributed by atoms with van der Waals surface area (Å²) in [6.45, 7) is 1.46. The van der Waals surface area contributed by atoms with E-state index in [1.165, 1.54) is 22.9 Å². The monoisotopic (exact) mass is 482 g/mol. The first kappa shape index (κ1) is 22.4. The highest BCUT2D eigenvalue weighted by Gasteiger charge is 2.24. The van der Waals surface area contributed by atoms with Crippen LogP contribution in [0.25, 0.3) is 11.4 Å². The zero-order chi connectivity index (χ0) is 22.6. The molecule has 0 bridgehead atoms. The minimum Gasteiger partial charge on any atom is -0.376 e. The van der Waals surface area contributed by atoms with E-state index < -0.39 is 0 Å². The van der Waals surface area contributed by atoms with E-state index in [4.69, 9.17) is 16.3 Å². The number of nitrogens with zero attached hydrogens (tertiary/aromatic N) is 3. The summed E-state index contributed by atoms with van der Waals surface area (Å²) in [5.74, 6) is 1.08. The minimum atomic E-state index is 0.0152. The Kier molecular flexibility index (Phi) is 6.99. The lowest BCUT2D eigenvalue weighted by molar-refractivity contribution is -0.119. The Morgan fingerprint density at radius 1 is 1.12 bits per heavy atom. The van der Waals surface area contributed by atoms with Crippen LogP contribution in [0.1, 0.15) is 42.9 Å². The number of benzene rings is 2. The van der Waals surface area contributed by atoms with E-state index in [1.807, 2.05) is 30.3 Å². The van der Waals surface area contributed by atoms with Gasteiger partial charge in [0.15, 0.2) is 11.0 Å². The number of amides is 1. The quantitative estimate of drug-likeness (QED) is 0.476. The number of thioether (sulfide) groups is 1. The number of fused-ring (bicyclic) bond motifs is 1. The van der Waals surface area contributed by atoms with Crippen LogP contribution in [0.4, 0.5) is 0 Å². The molecule has 1 aliphatic heterocycles. The molecule has 1 N–H and O–H groups in total. The highest BCUT2D eigenvalue weighted by atomic mass is 35.5. The molecule has 0 radical (unpaired) electrons. The Labute approximate surface area is 203 Å². The van der Waals surface area contributed by atoms with E-state index in [2.05, 4.69) is 38.3 Å². The number of hydrogen-bond acceptors (Lipinski definition) is 5. The molecule has 0 saturated carbocycles. The lowest BCUT2D eigenvalue weighted by Crippen LogP contribution is -2.32. The van der Waals surface area contributed by atoms with Gasteiger partial charge in [-0.2, -0.15) is 0 Å². The van der Waals surface area contributed by atoms with Gasteiger partial charge < -0.3 is 10.1 Å². The van der Waals surface area contributed by atoms with Gasteiger partial charge in [-0.1, -0.05) is 47.6 Å². The van der Waals surface area contributed by atoms with Crippen molar-refractivity contribution in [3.8, 4) is 11.4 Å². The third-order valence-corrected chi connectivity index (χ3v) is 7.49. The minimum absolute atomic E-state index is 0.0152. The molecule has 3 aromatic rings. The maximum absolute atomic E-state index is 12.8. The van der Waals surface area contributed by atoms with E-state index >= 15 is 0 Å². The molecule has 1 amide bonds. The maximum atomic E-state index is 12.8. The number of rotatable bonds is 7. The maximum Gasteiger partial charge on any atom is 0.230 e. The Bertz CT molecular complexity index is 1110. The van der Waals surface area contributed by atoms with Gasteiger partial charge in [-0.25, -0.2) is 0 Å². The second-order valence-corrected chi connectivity index (χ2v) is 9.94. The van der Waals surface area contributed by atoms with Crippen molar-refractivity contribution in [2.24, 2.45) is 0 Å². The van der Waals surface area contributed by atoms with Gasteiger partial charge in [-0.05, 0) is 67.5 Å². The standard InChI is InChI=1S/C25H27ClN4O2S/c26-19-12-10-18(11-13-19)24-28-29-25(30(24)15-20-7-4-14-32-20)33-16-23(31)27-22-9-3-6-17-5-1-2-8-21(17)22/h1-2,5,8,10-13,20,22H,3-4,6-7,9,14-16H2,(H,27,31)/t20-,22-/m1/s1. The van der Waals surface area contributed by atoms with E-state index in [1.54, 1.807) is 0 Å². The zero-order valence-corrected chi connectivity index (χ0v) is 19.9. The fourth-order valence-electron chi connectivity index (χ4n) is 4.63. The molecule has 1 fully saturated rings. The normalized spacial score (nSPS) is 19.9. The predicted octanol–water partition coefficient (Wildman–Crippen LogP) is 5.06. The molecule has 0 spiro atoms. The molecular formula is C25H27ClN4O2S. The summed E-state index contributed by atoms with van der Waals surface area (Å²) in [5.41, 5.74) is 3.53. The first-order chi connectivity index (χ1) is 16.2.